The third kappa shape index (κ3) is 3.68. The maximum absolute atomic E-state index is 12.9. The van der Waals surface area contributed by atoms with Gasteiger partial charge in [0.1, 0.15) is 5.82 Å². The maximum Gasteiger partial charge on any atom is 0.416 e. The molecule has 1 saturated heterocycles. The Morgan fingerprint density at radius 1 is 1.17 bits per heavy atom. The van der Waals surface area contributed by atoms with Crippen LogP contribution in [0.2, 0.25) is 0 Å². The van der Waals surface area contributed by atoms with Crippen LogP contribution in [0.1, 0.15) is 29.4 Å². The lowest BCUT2D eigenvalue weighted by Gasteiger charge is -2.24. The average Bonchev–Trinajstić information content (AvgIpc) is 2.88. The smallest absolute Gasteiger partial charge is 0.392 e. The second-order valence-corrected chi connectivity index (χ2v) is 5.62. The number of benzene rings is 1. The number of alkyl halides is 3. The molecule has 0 amide bonds. The van der Waals surface area contributed by atoms with Crippen LogP contribution in [0.15, 0.2) is 42.7 Å². The Hall–Kier alpha value is -1.99. The van der Waals surface area contributed by atoms with Gasteiger partial charge in [-0.25, -0.2) is 9.97 Å². The van der Waals surface area contributed by atoms with Gasteiger partial charge in [0.05, 0.1) is 18.2 Å². The largest absolute Gasteiger partial charge is 0.416 e. The number of β-amino-alcohol motifs (C(OH)–C–C–N with tert-alkyl or cyclic N) is 1. The summed E-state index contributed by atoms with van der Waals surface area (Å²) in [7, 11) is 0. The van der Waals surface area contributed by atoms with E-state index in [1.165, 1.54) is 6.07 Å². The fraction of sp³-hybridized carbons (Fsp3) is 0.375. The summed E-state index contributed by atoms with van der Waals surface area (Å²) in [6.07, 6.45) is -1.31. The van der Waals surface area contributed by atoms with E-state index < -0.39 is 17.8 Å². The summed E-state index contributed by atoms with van der Waals surface area (Å²) >= 11 is 0. The minimum Gasteiger partial charge on any atom is -0.392 e. The van der Waals surface area contributed by atoms with Crippen molar-refractivity contribution in [3.8, 4) is 0 Å². The molecule has 1 aromatic carbocycles. The van der Waals surface area contributed by atoms with E-state index in [2.05, 4.69) is 9.97 Å². The number of rotatable bonds is 3. The predicted molar refractivity (Wildman–Crippen MR) is 77.3 cm³/mol. The zero-order valence-electron chi connectivity index (χ0n) is 12.2. The van der Waals surface area contributed by atoms with Crippen LogP contribution in [0.5, 0.6) is 0 Å². The first-order valence-corrected chi connectivity index (χ1v) is 7.28. The molecule has 2 heterocycles. The normalized spacial score (nSPS) is 22.4. The lowest BCUT2D eigenvalue weighted by molar-refractivity contribution is -0.137. The van der Waals surface area contributed by atoms with Gasteiger partial charge in [0.15, 0.2) is 0 Å². The highest BCUT2D eigenvalue weighted by atomic mass is 19.4. The molecule has 0 spiro atoms. The molecule has 23 heavy (non-hydrogen) atoms. The molecule has 0 aliphatic carbocycles. The van der Waals surface area contributed by atoms with Crippen molar-refractivity contribution in [2.75, 3.05) is 6.54 Å². The highest BCUT2D eigenvalue weighted by Crippen LogP contribution is 2.36. The fourth-order valence-electron chi connectivity index (χ4n) is 2.92. The van der Waals surface area contributed by atoms with Gasteiger partial charge >= 0.3 is 6.18 Å². The monoisotopic (exact) mass is 323 g/mol. The van der Waals surface area contributed by atoms with Crippen molar-refractivity contribution >= 4 is 0 Å². The van der Waals surface area contributed by atoms with Crippen molar-refractivity contribution in [3.05, 3.63) is 59.7 Å². The number of aromatic nitrogens is 2. The Labute approximate surface area is 131 Å². The SMILES string of the molecule is O[C@H]1C[C@@H](c2cccc(C(F)(F)F)c2)N(Cc2ncccn2)C1. The van der Waals surface area contributed by atoms with Crippen LogP contribution in [-0.2, 0) is 12.7 Å². The van der Waals surface area contributed by atoms with Gasteiger partial charge in [-0.2, -0.15) is 13.2 Å². The Morgan fingerprint density at radius 2 is 1.91 bits per heavy atom. The number of nitrogens with zero attached hydrogens (tertiary/aromatic N) is 3. The van der Waals surface area contributed by atoms with Crippen molar-refractivity contribution in [2.24, 2.45) is 0 Å². The second-order valence-electron chi connectivity index (χ2n) is 5.62. The topological polar surface area (TPSA) is 49.2 Å². The highest BCUT2D eigenvalue weighted by Gasteiger charge is 2.35. The van der Waals surface area contributed by atoms with E-state index in [4.69, 9.17) is 0 Å². The van der Waals surface area contributed by atoms with Crippen LogP contribution in [0.3, 0.4) is 0 Å². The van der Waals surface area contributed by atoms with E-state index in [1.54, 1.807) is 24.5 Å². The Kier molecular flexibility index (Phi) is 4.32. The molecule has 1 aromatic heterocycles. The number of halogens is 3. The zero-order chi connectivity index (χ0) is 16.4. The quantitative estimate of drug-likeness (QED) is 0.944. The molecule has 1 fully saturated rings. The molecule has 0 unspecified atom stereocenters. The zero-order valence-corrected chi connectivity index (χ0v) is 12.2. The van der Waals surface area contributed by atoms with E-state index in [0.717, 1.165) is 12.1 Å². The molecule has 7 heteroatoms. The molecule has 0 saturated carbocycles. The maximum atomic E-state index is 12.9. The van der Waals surface area contributed by atoms with Gasteiger partial charge in [-0.3, -0.25) is 4.90 Å². The van der Waals surface area contributed by atoms with Gasteiger partial charge in [0.2, 0.25) is 0 Å². The van der Waals surface area contributed by atoms with Crippen LogP contribution in [0.25, 0.3) is 0 Å². The Bertz CT molecular complexity index is 663. The minimum absolute atomic E-state index is 0.281. The first-order valence-electron chi connectivity index (χ1n) is 7.28. The molecule has 0 bridgehead atoms. The van der Waals surface area contributed by atoms with Gasteiger partial charge in [-0.1, -0.05) is 12.1 Å². The van der Waals surface area contributed by atoms with Gasteiger partial charge in [0.25, 0.3) is 0 Å². The second kappa shape index (κ2) is 6.25. The van der Waals surface area contributed by atoms with Crippen molar-refractivity contribution < 1.29 is 18.3 Å². The predicted octanol–water partition coefficient (Wildman–Crippen LogP) is 2.80. The van der Waals surface area contributed by atoms with Crippen molar-refractivity contribution in [2.45, 2.75) is 31.3 Å². The Balaban J connectivity index is 1.85. The van der Waals surface area contributed by atoms with Gasteiger partial charge in [-0.05, 0) is 30.2 Å². The molecular weight excluding hydrogens is 307 g/mol. The molecular formula is C16H16F3N3O. The lowest BCUT2D eigenvalue weighted by Crippen LogP contribution is -2.25. The van der Waals surface area contributed by atoms with Crippen LogP contribution in [0.4, 0.5) is 13.2 Å². The molecule has 3 rings (SSSR count). The van der Waals surface area contributed by atoms with Crippen LogP contribution < -0.4 is 0 Å². The molecule has 4 nitrogen and oxygen atoms in total. The van der Waals surface area contributed by atoms with E-state index in [9.17, 15) is 18.3 Å². The first kappa shape index (κ1) is 15.9. The average molecular weight is 323 g/mol. The molecule has 2 aromatic rings. The minimum atomic E-state index is -4.37. The fourth-order valence-corrected chi connectivity index (χ4v) is 2.92. The van der Waals surface area contributed by atoms with E-state index in [-0.39, 0.29) is 6.04 Å². The summed E-state index contributed by atoms with van der Waals surface area (Å²) in [5, 5.41) is 9.93. The van der Waals surface area contributed by atoms with Gasteiger partial charge in [0, 0.05) is 25.0 Å². The highest BCUT2D eigenvalue weighted by molar-refractivity contribution is 5.29. The third-order valence-electron chi connectivity index (χ3n) is 3.94. The summed E-state index contributed by atoms with van der Waals surface area (Å²) in [6.45, 7) is 0.776. The molecule has 2 atom stereocenters. The number of aliphatic hydroxyl groups is 1. The van der Waals surface area contributed by atoms with Crippen molar-refractivity contribution in [1.82, 2.24) is 14.9 Å². The van der Waals surface area contributed by atoms with Crippen LogP contribution in [0, 0.1) is 0 Å². The van der Waals surface area contributed by atoms with Crippen molar-refractivity contribution in [1.29, 1.82) is 0 Å². The summed E-state index contributed by atoms with van der Waals surface area (Å²) in [5.41, 5.74) is -0.125. The molecule has 1 N–H and O–H groups in total. The van der Waals surface area contributed by atoms with Crippen LogP contribution >= 0.6 is 0 Å². The van der Waals surface area contributed by atoms with E-state index in [0.29, 0.717) is 30.9 Å². The molecule has 1 aliphatic heterocycles. The third-order valence-corrected chi connectivity index (χ3v) is 3.94. The van der Waals surface area contributed by atoms with Crippen molar-refractivity contribution in [3.63, 3.8) is 0 Å². The molecule has 0 radical (unpaired) electrons. The van der Waals surface area contributed by atoms with Gasteiger partial charge < -0.3 is 5.11 Å². The summed E-state index contributed by atoms with van der Waals surface area (Å²) in [5.74, 6) is 0.582. The number of hydrogen-bond acceptors (Lipinski definition) is 4. The summed E-state index contributed by atoms with van der Waals surface area (Å²) in [6, 6.07) is 6.70. The lowest BCUT2D eigenvalue weighted by atomic mass is 10.0. The molecule has 1 aliphatic rings. The Morgan fingerprint density at radius 3 is 2.61 bits per heavy atom. The number of aliphatic hydroxyl groups excluding tert-OH is 1. The van der Waals surface area contributed by atoms with E-state index in [1.807, 2.05) is 4.90 Å². The van der Waals surface area contributed by atoms with E-state index >= 15 is 0 Å². The summed E-state index contributed by atoms with van der Waals surface area (Å²) in [4.78, 5) is 10.2. The summed E-state index contributed by atoms with van der Waals surface area (Å²) < 4.78 is 38.7. The molecule has 122 valence electrons. The number of likely N-dealkylation sites (tertiary alicyclic amines) is 1. The standard InChI is InChI=1S/C16H16F3N3O/c17-16(18,19)12-4-1-3-11(7-12)14-8-13(23)9-22(14)10-15-20-5-2-6-21-15/h1-7,13-14,23H,8-10H2/t13-,14-/m0/s1. The first-order chi connectivity index (χ1) is 10.9. The van der Waals surface area contributed by atoms with Gasteiger partial charge in [-0.15, -0.1) is 0 Å². The number of hydrogen-bond donors (Lipinski definition) is 1. The van der Waals surface area contributed by atoms with Crippen LogP contribution in [-0.4, -0.2) is 32.6 Å².